The molecule has 0 saturated carbocycles. The van der Waals surface area contributed by atoms with Crippen LogP contribution in [0.2, 0.25) is 0 Å². The lowest BCUT2D eigenvalue weighted by molar-refractivity contribution is 0.278. The fourth-order valence-electron chi connectivity index (χ4n) is 0.802. The van der Waals surface area contributed by atoms with Crippen LogP contribution < -0.4 is 0 Å². The van der Waals surface area contributed by atoms with E-state index in [1.165, 1.54) is 11.3 Å². The molecular formula is C6H6N4OS. The van der Waals surface area contributed by atoms with Gasteiger partial charge in [0.15, 0.2) is 0 Å². The lowest BCUT2D eigenvalue weighted by Gasteiger charge is -1.84. The van der Waals surface area contributed by atoms with E-state index >= 15 is 0 Å². The number of thiazole rings is 1. The predicted octanol–water partition coefficient (Wildman–Crippen LogP) is 0.420. The van der Waals surface area contributed by atoms with Crippen LogP contribution in [0.4, 0.5) is 0 Å². The fourth-order valence-corrected chi connectivity index (χ4v) is 1.57. The second kappa shape index (κ2) is 3.00. The van der Waals surface area contributed by atoms with Crippen molar-refractivity contribution in [3.8, 4) is 10.7 Å². The molecule has 0 aliphatic carbocycles. The highest BCUT2D eigenvalue weighted by molar-refractivity contribution is 7.13. The van der Waals surface area contributed by atoms with E-state index < -0.39 is 0 Å². The van der Waals surface area contributed by atoms with E-state index in [1.807, 2.05) is 0 Å². The largest absolute Gasteiger partial charge is 0.390 e. The average Bonchev–Trinajstić information content (AvgIpc) is 2.75. The number of aliphatic hydroxyl groups is 1. The molecule has 0 fully saturated rings. The van der Waals surface area contributed by atoms with E-state index in [0.717, 1.165) is 5.01 Å². The summed E-state index contributed by atoms with van der Waals surface area (Å²) in [5.74, 6) is 0. The molecule has 2 aromatic heterocycles. The Bertz CT molecular complexity index is 355. The molecule has 0 aromatic carbocycles. The Kier molecular flexibility index (Phi) is 1.84. The Morgan fingerprint density at radius 1 is 1.58 bits per heavy atom. The van der Waals surface area contributed by atoms with Crippen LogP contribution in [0.15, 0.2) is 11.6 Å². The van der Waals surface area contributed by atoms with Gasteiger partial charge in [-0.2, -0.15) is 15.4 Å². The van der Waals surface area contributed by atoms with Crippen molar-refractivity contribution in [3.05, 3.63) is 17.3 Å². The van der Waals surface area contributed by atoms with E-state index in [0.29, 0.717) is 11.4 Å². The van der Waals surface area contributed by atoms with Gasteiger partial charge >= 0.3 is 0 Å². The van der Waals surface area contributed by atoms with Crippen molar-refractivity contribution in [2.24, 2.45) is 0 Å². The SMILES string of the molecule is OCc1csc(-c2cn[nH]n2)n1. The van der Waals surface area contributed by atoms with Crippen LogP contribution in [-0.4, -0.2) is 25.5 Å². The van der Waals surface area contributed by atoms with E-state index in [9.17, 15) is 0 Å². The predicted molar refractivity (Wildman–Crippen MR) is 43.4 cm³/mol. The summed E-state index contributed by atoms with van der Waals surface area (Å²) in [6.45, 7) is -0.0334. The van der Waals surface area contributed by atoms with Crippen molar-refractivity contribution in [1.82, 2.24) is 20.4 Å². The average molecular weight is 182 g/mol. The van der Waals surface area contributed by atoms with Gasteiger partial charge in [-0.3, -0.25) is 0 Å². The van der Waals surface area contributed by atoms with Crippen molar-refractivity contribution in [2.75, 3.05) is 0 Å². The molecule has 0 spiro atoms. The Labute approximate surface area is 72.1 Å². The molecule has 2 heterocycles. The van der Waals surface area contributed by atoms with Crippen LogP contribution in [0, 0.1) is 0 Å². The number of aromatic amines is 1. The quantitative estimate of drug-likeness (QED) is 0.705. The monoisotopic (exact) mass is 182 g/mol. The van der Waals surface area contributed by atoms with E-state index in [4.69, 9.17) is 5.11 Å². The van der Waals surface area contributed by atoms with E-state index in [-0.39, 0.29) is 6.61 Å². The Balaban J connectivity index is 2.35. The zero-order valence-electron chi connectivity index (χ0n) is 6.06. The summed E-state index contributed by atoms with van der Waals surface area (Å²) < 4.78 is 0. The highest BCUT2D eigenvalue weighted by Crippen LogP contribution is 2.20. The molecule has 0 aliphatic rings. The molecule has 12 heavy (non-hydrogen) atoms. The third-order valence-corrected chi connectivity index (χ3v) is 2.26. The van der Waals surface area contributed by atoms with E-state index in [2.05, 4.69) is 20.4 Å². The Hall–Kier alpha value is -1.27. The number of hydrogen-bond donors (Lipinski definition) is 2. The molecule has 5 nitrogen and oxygen atoms in total. The molecule has 0 atom stereocenters. The molecule has 0 radical (unpaired) electrons. The molecule has 62 valence electrons. The normalized spacial score (nSPS) is 10.4. The van der Waals surface area contributed by atoms with Gasteiger partial charge in [-0.05, 0) is 0 Å². The van der Waals surface area contributed by atoms with Gasteiger partial charge in [0, 0.05) is 5.38 Å². The number of H-pyrrole nitrogens is 1. The molecule has 0 unspecified atom stereocenters. The van der Waals surface area contributed by atoms with Gasteiger partial charge in [-0.25, -0.2) is 4.98 Å². The third-order valence-electron chi connectivity index (χ3n) is 1.35. The van der Waals surface area contributed by atoms with Crippen molar-refractivity contribution in [1.29, 1.82) is 0 Å². The first-order valence-corrected chi connectivity index (χ1v) is 4.19. The first-order valence-electron chi connectivity index (χ1n) is 3.31. The molecule has 0 saturated heterocycles. The number of rotatable bonds is 2. The standard InChI is InChI=1S/C6H6N4OS/c11-2-4-3-12-6(8-4)5-1-7-10-9-5/h1,3,11H,2H2,(H,7,9,10). The van der Waals surface area contributed by atoms with Gasteiger partial charge in [-0.1, -0.05) is 0 Å². The summed E-state index contributed by atoms with van der Waals surface area (Å²) in [5, 5.41) is 21.3. The number of nitrogens with one attached hydrogen (secondary N) is 1. The van der Waals surface area contributed by atoms with Gasteiger partial charge in [0.2, 0.25) is 0 Å². The van der Waals surface area contributed by atoms with Crippen LogP contribution in [-0.2, 0) is 6.61 Å². The van der Waals surface area contributed by atoms with Crippen molar-refractivity contribution in [2.45, 2.75) is 6.61 Å². The zero-order chi connectivity index (χ0) is 8.39. The van der Waals surface area contributed by atoms with Gasteiger partial charge in [0.05, 0.1) is 18.5 Å². The summed E-state index contributed by atoms with van der Waals surface area (Å²) in [6, 6.07) is 0. The highest BCUT2D eigenvalue weighted by atomic mass is 32.1. The van der Waals surface area contributed by atoms with Crippen LogP contribution >= 0.6 is 11.3 Å². The Morgan fingerprint density at radius 2 is 2.50 bits per heavy atom. The molecule has 0 bridgehead atoms. The molecule has 2 aromatic rings. The summed E-state index contributed by atoms with van der Waals surface area (Å²) in [6.07, 6.45) is 1.60. The number of aromatic nitrogens is 4. The second-order valence-electron chi connectivity index (χ2n) is 2.16. The minimum Gasteiger partial charge on any atom is -0.390 e. The van der Waals surface area contributed by atoms with Crippen molar-refractivity contribution < 1.29 is 5.11 Å². The minimum absolute atomic E-state index is 0.0334. The van der Waals surface area contributed by atoms with Crippen LogP contribution in [0.5, 0.6) is 0 Å². The van der Waals surface area contributed by atoms with Crippen LogP contribution in [0.3, 0.4) is 0 Å². The third kappa shape index (κ3) is 1.21. The zero-order valence-corrected chi connectivity index (χ0v) is 6.88. The smallest absolute Gasteiger partial charge is 0.145 e. The maximum atomic E-state index is 8.75. The molecular weight excluding hydrogens is 176 g/mol. The second-order valence-corrected chi connectivity index (χ2v) is 3.02. The maximum Gasteiger partial charge on any atom is 0.145 e. The summed E-state index contributed by atoms with van der Waals surface area (Å²) >= 11 is 1.44. The topological polar surface area (TPSA) is 74.7 Å². The highest BCUT2D eigenvalue weighted by Gasteiger charge is 2.05. The van der Waals surface area contributed by atoms with Crippen LogP contribution in [0.25, 0.3) is 10.7 Å². The van der Waals surface area contributed by atoms with Gasteiger partial charge < -0.3 is 5.11 Å². The number of hydrogen-bond acceptors (Lipinski definition) is 5. The molecule has 2 rings (SSSR count). The first kappa shape index (κ1) is 7.38. The first-order chi connectivity index (χ1) is 5.90. The van der Waals surface area contributed by atoms with Gasteiger partial charge in [0.1, 0.15) is 10.7 Å². The molecule has 6 heteroatoms. The molecule has 0 aliphatic heterocycles. The van der Waals surface area contributed by atoms with Crippen LogP contribution in [0.1, 0.15) is 5.69 Å². The minimum atomic E-state index is -0.0334. The lowest BCUT2D eigenvalue weighted by atomic mass is 10.5. The fraction of sp³-hybridized carbons (Fsp3) is 0.167. The lowest BCUT2D eigenvalue weighted by Crippen LogP contribution is -1.82. The molecule has 2 N–H and O–H groups in total. The summed E-state index contributed by atoms with van der Waals surface area (Å²) in [7, 11) is 0. The van der Waals surface area contributed by atoms with Crippen molar-refractivity contribution in [3.63, 3.8) is 0 Å². The van der Waals surface area contributed by atoms with Crippen molar-refractivity contribution >= 4 is 11.3 Å². The number of nitrogens with zero attached hydrogens (tertiary/aromatic N) is 3. The molecule has 0 amide bonds. The number of aliphatic hydroxyl groups excluding tert-OH is 1. The van der Waals surface area contributed by atoms with E-state index in [1.54, 1.807) is 11.6 Å². The van der Waals surface area contributed by atoms with Gasteiger partial charge in [-0.15, -0.1) is 11.3 Å². The summed E-state index contributed by atoms with van der Waals surface area (Å²) in [5.41, 5.74) is 1.37. The van der Waals surface area contributed by atoms with Gasteiger partial charge in [0.25, 0.3) is 0 Å². The maximum absolute atomic E-state index is 8.75. The summed E-state index contributed by atoms with van der Waals surface area (Å²) in [4.78, 5) is 4.12. The Morgan fingerprint density at radius 3 is 3.08 bits per heavy atom.